The van der Waals surface area contributed by atoms with Gasteiger partial charge in [-0.05, 0) is 17.9 Å². The zero-order valence-corrected chi connectivity index (χ0v) is 11.6. The van der Waals surface area contributed by atoms with Gasteiger partial charge in [0.2, 0.25) is 0 Å². The summed E-state index contributed by atoms with van der Waals surface area (Å²) in [7, 11) is 0. The predicted molar refractivity (Wildman–Crippen MR) is 72.9 cm³/mol. The average Bonchev–Trinajstić information content (AvgIpc) is 2.30. The summed E-state index contributed by atoms with van der Waals surface area (Å²) in [6.45, 7) is 3.69. The van der Waals surface area contributed by atoms with Gasteiger partial charge in [0.1, 0.15) is 0 Å². The maximum absolute atomic E-state index is 10.0. The molecule has 0 saturated carbocycles. The Morgan fingerprint density at radius 1 is 1.12 bits per heavy atom. The second-order valence-corrected chi connectivity index (χ2v) is 6.81. The molecule has 0 fully saturated rings. The molecule has 0 aliphatic carbocycles. The van der Waals surface area contributed by atoms with E-state index < -0.39 is 24.7 Å². The monoisotopic (exact) mass is 269 g/mol. The van der Waals surface area contributed by atoms with E-state index in [0.717, 1.165) is 11.5 Å². The summed E-state index contributed by atoms with van der Waals surface area (Å²) in [5.41, 5.74) is 0. The molecule has 0 aromatic carbocycles. The fraction of sp³-hybridized carbons (Fsp3) is 1.00. The Hall–Kier alpha value is 0.580. The second-order valence-electron chi connectivity index (χ2n) is 3.56. The van der Waals surface area contributed by atoms with Crippen LogP contribution >= 0.6 is 23.5 Å². The fourth-order valence-electron chi connectivity index (χ4n) is 1.32. The van der Waals surface area contributed by atoms with Gasteiger partial charge in [-0.2, -0.15) is 0 Å². The molecule has 0 saturated heterocycles. The normalized spacial score (nSPS) is 18.2. The quantitative estimate of drug-likeness (QED) is 0.555. The van der Waals surface area contributed by atoms with E-state index in [1.165, 1.54) is 0 Å². The lowest BCUT2D eigenvalue weighted by atomic mass is 9.97. The van der Waals surface area contributed by atoms with Crippen LogP contribution in [0.25, 0.3) is 0 Å². The van der Waals surface area contributed by atoms with Gasteiger partial charge in [0, 0.05) is 7.29 Å². The van der Waals surface area contributed by atoms with E-state index in [1.807, 2.05) is 0 Å². The smallest absolute Gasteiger partial charge is 0.0821 e. The van der Waals surface area contributed by atoms with E-state index in [1.54, 1.807) is 23.5 Å². The van der Waals surface area contributed by atoms with Crippen molar-refractivity contribution in [3.05, 3.63) is 0 Å². The third-order valence-corrected chi connectivity index (χ3v) is 4.93. The van der Waals surface area contributed by atoms with Crippen LogP contribution < -0.4 is 0 Å². The molecule has 0 amide bonds. The SMILES string of the molecule is [2H]C[C@H]([C@H](O)CO)[C@H](O)CC(SCC)SCC. The molecule has 98 valence electrons. The third-order valence-electron chi connectivity index (χ3n) is 2.31. The van der Waals surface area contributed by atoms with E-state index in [2.05, 4.69) is 13.8 Å². The molecule has 0 aromatic rings. The second kappa shape index (κ2) is 9.59. The van der Waals surface area contributed by atoms with E-state index >= 15 is 0 Å². The Morgan fingerprint density at radius 2 is 1.69 bits per heavy atom. The maximum atomic E-state index is 10.0. The van der Waals surface area contributed by atoms with Crippen molar-refractivity contribution in [3.8, 4) is 0 Å². The summed E-state index contributed by atoms with van der Waals surface area (Å²) in [5.74, 6) is 1.41. The molecule has 3 nitrogen and oxygen atoms in total. The molecule has 0 heterocycles. The van der Waals surface area contributed by atoms with Crippen LogP contribution in [0.5, 0.6) is 0 Å². The van der Waals surface area contributed by atoms with Crippen molar-refractivity contribution >= 4 is 23.5 Å². The standard InChI is InChI=1S/C11H24O3S2/c1-4-15-11(16-5-2)6-9(13)8(3)10(14)7-12/h8-14H,4-7H2,1-3H3/t8-,9+,10+/m0/s1/i3D. The Kier molecular flexibility index (Phi) is 8.78. The largest absolute Gasteiger partial charge is 0.394 e. The highest BCUT2D eigenvalue weighted by Gasteiger charge is 2.24. The van der Waals surface area contributed by atoms with Gasteiger partial charge < -0.3 is 15.3 Å². The van der Waals surface area contributed by atoms with Crippen molar-refractivity contribution in [1.82, 2.24) is 0 Å². The van der Waals surface area contributed by atoms with E-state index in [0.29, 0.717) is 11.0 Å². The molecular formula is C11H24O3S2. The topological polar surface area (TPSA) is 60.7 Å². The zero-order valence-electron chi connectivity index (χ0n) is 11.0. The lowest BCUT2D eigenvalue weighted by Crippen LogP contribution is -2.33. The summed E-state index contributed by atoms with van der Waals surface area (Å²) in [6.07, 6.45) is -1.17. The maximum Gasteiger partial charge on any atom is 0.0821 e. The Balaban J connectivity index is 4.29. The van der Waals surface area contributed by atoms with Gasteiger partial charge in [-0.25, -0.2) is 0 Å². The first-order valence-electron chi connectivity index (χ1n) is 6.30. The van der Waals surface area contributed by atoms with Crippen LogP contribution in [-0.2, 0) is 0 Å². The molecular weight excluding hydrogens is 244 g/mol. The van der Waals surface area contributed by atoms with Crippen molar-refractivity contribution in [2.75, 3.05) is 18.1 Å². The summed E-state index contributed by atoms with van der Waals surface area (Å²) in [5, 5.41) is 28.4. The van der Waals surface area contributed by atoms with E-state index in [4.69, 9.17) is 6.48 Å². The van der Waals surface area contributed by atoms with Gasteiger partial charge in [0.05, 0.1) is 23.4 Å². The first kappa shape index (κ1) is 14.6. The molecule has 3 N–H and O–H groups in total. The molecule has 0 unspecified atom stereocenters. The molecule has 0 radical (unpaired) electrons. The minimum atomic E-state index is -0.999. The Labute approximate surface area is 108 Å². The van der Waals surface area contributed by atoms with Gasteiger partial charge in [-0.1, -0.05) is 20.7 Å². The molecule has 0 aromatic heterocycles. The van der Waals surface area contributed by atoms with Crippen LogP contribution in [0, 0.1) is 5.92 Å². The van der Waals surface area contributed by atoms with Crippen molar-refractivity contribution in [2.45, 2.75) is 44.0 Å². The van der Waals surface area contributed by atoms with E-state index in [9.17, 15) is 10.2 Å². The van der Waals surface area contributed by atoms with Crippen LogP contribution in [0.2, 0.25) is 0 Å². The van der Waals surface area contributed by atoms with Crippen molar-refractivity contribution in [2.24, 2.45) is 5.92 Å². The number of hydrogen-bond donors (Lipinski definition) is 3. The number of hydrogen-bond acceptors (Lipinski definition) is 5. The van der Waals surface area contributed by atoms with Crippen molar-refractivity contribution in [3.63, 3.8) is 0 Å². The molecule has 5 heteroatoms. The summed E-state index contributed by atoms with van der Waals surface area (Å²) >= 11 is 3.55. The molecule has 0 bridgehead atoms. The molecule has 0 spiro atoms. The summed E-state index contributed by atoms with van der Waals surface area (Å²) < 4.78 is 7.62. The molecule has 0 aliphatic heterocycles. The average molecular weight is 269 g/mol. The van der Waals surface area contributed by atoms with Gasteiger partial charge in [-0.3, -0.25) is 0 Å². The van der Waals surface area contributed by atoms with Gasteiger partial charge in [0.15, 0.2) is 0 Å². The van der Waals surface area contributed by atoms with Crippen LogP contribution in [0.3, 0.4) is 0 Å². The minimum absolute atomic E-state index is 0.0663. The van der Waals surface area contributed by atoms with Crippen LogP contribution in [0.15, 0.2) is 0 Å². The van der Waals surface area contributed by atoms with Gasteiger partial charge in [0.25, 0.3) is 0 Å². The van der Waals surface area contributed by atoms with Gasteiger partial charge >= 0.3 is 0 Å². The first-order chi connectivity index (χ1) is 8.10. The number of aliphatic hydroxyl groups is 3. The highest BCUT2D eigenvalue weighted by Crippen LogP contribution is 2.29. The molecule has 0 rings (SSSR count). The fourth-order valence-corrected chi connectivity index (χ4v) is 3.93. The lowest BCUT2D eigenvalue weighted by Gasteiger charge is -2.25. The molecule has 3 atom stereocenters. The third kappa shape index (κ3) is 6.35. The molecule has 0 aliphatic rings. The van der Waals surface area contributed by atoms with Crippen LogP contribution in [0.4, 0.5) is 0 Å². The van der Waals surface area contributed by atoms with Crippen molar-refractivity contribution in [1.29, 1.82) is 0 Å². The van der Waals surface area contributed by atoms with Crippen LogP contribution in [0.1, 0.15) is 28.5 Å². The first-order valence-corrected chi connectivity index (χ1v) is 7.69. The number of aliphatic hydroxyl groups excluding tert-OH is 3. The number of thioether (sulfide) groups is 2. The molecule has 16 heavy (non-hydrogen) atoms. The van der Waals surface area contributed by atoms with E-state index in [-0.39, 0.29) is 6.90 Å². The minimum Gasteiger partial charge on any atom is -0.394 e. The predicted octanol–water partition coefficient (Wildman–Crippen LogP) is 1.56. The highest BCUT2D eigenvalue weighted by molar-refractivity contribution is 8.16. The highest BCUT2D eigenvalue weighted by atomic mass is 32.2. The lowest BCUT2D eigenvalue weighted by molar-refractivity contribution is -0.00913. The van der Waals surface area contributed by atoms with Gasteiger partial charge in [-0.15, -0.1) is 23.5 Å². The van der Waals surface area contributed by atoms with Crippen LogP contribution in [-0.4, -0.2) is 50.2 Å². The summed E-state index contributed by atoms with van der Waals surface area (Å²) in [4.78, 5) is 0. The number of rotatable bonds is 9. The Bertz CT molecular complexity index is 180. The zero-order chi connectivity index (χ0) is 13.3. The summed E-state index contributed by atoms with van der Waals surface area (Å²) in [6, 6.07) is 0. The van der Waals surface area contributed by atoms with Crippen molar-refractivity contribution < 1.29 is 16.7 Å². The Morgan fingerprint density at radius 3 is 2.06 bits per heavy atom.